The minimum atomic E-state index is -1.47. The summed E-state index contributed by atoms with van der Waals surface area (Å²) in [5, 5.41) is 0. The van der Waals surface area contributed by atoms with Crippen LogP contribution in [0, 0.1) is 38.2 Å². The Kier molecular flexibility index (Phi) is 3.07. The second-order valence-electron chi connectivity index (χ2n) is 4.08. The third-order valence-corrected chi connectivity index (χ3v) is 2.76. The second kappa shape index (κ2) is 4.40. The van der Waals surface area contributed by atoms with Crippen molar-refractivity contribution in [3.05, 3.63) is 46.7 Å². The maximum absolute atomic E-state index is 13.2. The van der Waals surface area contributed by atoms with Crippen LogP contribution in [0.15, 0.2) is 12.1 Å². The van der Waals surface area contributed by atoms with Crippen LogP contribution in [-0.4, -0.2) is 9.97 Å². The maximum Gasteiger partial charge on any atom is 0.194 e. The normalized spacial score (nSPS) is 10.8. The Morgan fingerprint density at radius 3 is 2.00 bits per heavy atom. The number of rotatable bonds is 1. The number of nitrogens with zero attached hydrogens (tertiary/aromatic N) is 2. The standard InChI is InChI=1S/C13H11F3N2/c1-6-7(2)17-8(3)18-13(6)9-4-10(14)12(16)11(15)5-9/h4-5H,1-3H3. The van der Waals surface area contributed by atoms with Crippen LogP contribution in [0.4, 0.5) is 13.2 Å². The largest absolute Gasteiger partial charge is 0.238 e. The smallest absolute Gasteiger partial charge is 0.194 e. The number of aryl methyl sites for hydroxylation is 2. The van der Waals surface area contributed by atoms with Gasteiger partial charge in [-0.2, -0.15) is 0 Å². The first-order valence-corrected chi connectivity index (χ1v) is 5.37. The zero-order chi connectivity index (χ0) is 13.4. The van der Waals surface area contributed by atoms with Crippen LogP contribution in [0.3, 0.4) is 0 Å². The molecule has 5 heteroatoms. The van der Waals surface area contributed by atoms with E-state index in [1.165, 1.54) is 0 Å². The van der Waals surface area contributed by atoms with Crippen molar-refractivity contribution in [3.8, 4) is 11.3 Å². The number of halogens is 3. The van der Waals surface area contributed by atoms with Crippen molar-refractivity contribution < 1.29 is 13.2 Å². The Morgan fingerprint density at radius 2 is 1.44 bits per heavy atom. The number of hydrogen-bond donors (Lipinski definition) is 0. The van der Waals surface area contributed by atoms with Crippen molar-refractivity contribution in [2.45, 2.75) is 20.8 Å². The van der Waals surface area contributed by atoms with E-state index in [2.05, 4.69) is 9.97 Å². The van der Waals surface area contributed by atoms with E-state index in [1.54, 1.807) is 20.8 Å². The lowest BCUT2D eigenvalue weighted by atomic mass is 10.1. The molecule has 0 spiro atoms. The average molecular weight is 252 g/mol. The summed E-state index contributed by atoms with van der Waals surface area (Å²) in [6, 6.07) is 1.87. The molecule has 0 aliphatic carbocycles. The van der Waals surface area contributed by atoms with Crippen molar-refractivity contribution >= 4 is 0 Å². The molecule has 0 aliphatic rings. The third-order valence-electron chi connectivity index (χ3n) is 2.76. The minimum absolute atomic E-state index is 0.206. The van der Waals surface area contributed by atoms with Gasteiger partial charge < -0.3 is 0 Å². The van der Waals surface area contributed by atoms with Gasteiger partial charge in [0.2, 0.25) is 0 Å². The predicted molar refractivity (Wildman–Crippen MR) is 61.6 cm³/mol. The summed E-state index contributed by atoms with van der Waals surface area (Å²) in [7, 11) is 0. The molecule has 0 N–H and O–H groups in total. The Hall–Kier alpha value is -1.91. The molecule has 0 fully saturated rings. The lowest BCUT2D eigenvalue weighted by Crippen LogP contribution is -2.00. The molecule has 0 radical (unpaired) electrons. The van der Waals surface area contributed by atoms with Crippen molar-refractivity contribution in [2.75, 3.05) is 0 Å². The van der Waals surface area contributed by atoms with Crippen LogP contribution in [0.2, 0.25) is 0 Å². The van der Waals surface area contributed by atoms with Crippen LogP contribution in [0.1, 0.15) is 17.1 Å². The predicted octanol–water partition coefficient (Wildman–Crippen LogP) is 3.49. The maximum atomic E-state index is 13.2. The molecule has 2 aromatic rings. The Morgan fingerprint density at radius 1 is 0.889 bits per heavy atom. The molecule has 2 rings (SSSR count). The highest BCUT2D eigenvalue weighted by Crippen LogP contribution is 2.26. The van der Waals surface area contributed by atoms with E-state index >= 15 is 0 Å². The molecule has 0 saturated carbocycles. The van der Waals surface area contributed by atoms with Gasteiger partial charge in [0, 0.05) is 11.3 Å². The fourth-order valence-electron chi connectivity index (χ4n) is 1.74. The Bertz CT molecular complexity index is 601. The molecule has 94 valence electrons. The summed E-state index contributed by atoms with van der Waals surface area (Å²) in [4.78, 5) is 8.30. The Labute approximate surface area is 103 Å². The van der Waals surface area contributed by atoms with Gasteiger partial charge in [-0.25, -0.2) is 23.1 Å². The van der Waals surface area contributed by atoms with E-state index in [0.717, 1.165) is 17.8 Å². The van der Waals surface area contributed by atoms with Crippen LogP contribution < -0.4 is 0 Å². The fourth-order valence-corrected chi connectivity index (χ4v) is 1.74. The summed E-state index contributed by atoms with van der Waals surface area (Å²) in [6.07, 6.45) is 0. The SMILES string of the molecule is Cc1nc(C)c(C)c(-c2cc(F)c(F)c(F)c2)n1. The molecule has 0 unspecified atom stereocenters. The second-order valence-corrected chi connectivity index (χ2v) is 4.08. The monoisotopic (exact) mass is 252 g/mol. The molecular formula is C13H11F3N2. The van der Waals surface area contributed by atoms with Gasteiger partial charge in [-0.1, -0.05) is 0 Å². The van der Waals surface area contributed by atoms with E-state index in [4.69, 9.17) is 0 Å². The molecule has 0 atom stereocenters. The van der Waals surface area contributed by atoms with Crippen molar-refractivity contribution in [1.29, 1.82) is 0 Å². The molecule has 2 nitrogen and oxygen atoms in total. The van der Waals surface area contributed by atoms with Crippen LogP contribution in [-0.2, 0) is 0 Å². The molecule has 0 amide bonds. The average Bonchev–Trinajstić information content (AvgIpc) is 2.30. The first-order chi connectivity index (χ1) is 8.40. The summed E-state index contributed by atoms with van der Waals surface area (Å²) >= 11 is 0. The molecule has 1 heterocycles. The van der Waals surface area contributed by atoms with Gasteiger partial charge in [-0.15, -0.1) is 0 Å². The lowest BCUT2D eigenvalue weighted by Gasteiger charge is -2.09. The van der Waals surface area contributed by atoms with Crippen molar-refractivity contribution in [2.24, 2.45) is 0 Å². The molecule has 0 aliphatic heterocycles. The van der Waals surface area contributed by atoms with Crippen LogP contribution in [0.5, 0.6) is 0 Å². The topological polar surface area (TPSA) is 25.8 Å². The highest BCUT2D eigenvalue weighted by molar-refractivity contribution is 5.63. The van der Waals surface area contributed by atoms with Crippen molar-refractivity contribution in [3.63, 3.8) is 0 Å². The van der Waals surface area contributed by atoms with Gasteiger partial charge in [-0.3, -0.25) is 0 Å². The van der Waals surface area contributed by atoms with Gasteiger partial charge >= 0.3 is 0 Å². The molecule has 0 bridgehead atoms. The fraction of sp³-hybridized carbons (Fsp3) is 0.231. The van der Waals surface area contributed by atoms with Crippen LogP contribution >= 0.6 is 0 Å². The molecular weight excluding hydrogens is 241 g/mol. The molecule has 0 saturated heterocycles. The van der Waals surface area contributed by atoms with E-state index in [9.17, 15) is 13.2 Å². The summed E-state index contributed by atoms with van der Waals surface area (Å²) in [5.74, 6) is -3.42. The zero-order valence-electron chi connectivity index (χ0n) is 10.2. The van der Waals surface area contributed by atoms with Gasteiger partial charge in [0.25, 0.3) is 0 Å². The summed E-state index contributed by atoms with van der Waals surface area (Å²) in [5.41, 5.74) is 2.06. The number of hydrogen-bond acceptors (Lipinski definition) is 2. The Balaban J connectivity index is 2.69. The van der Waals surface area contributed by atoms with E-state index in [1.807, 2.05) is 0 Å². The highest BCUT2D eigenvalue weighted by atomic mass is 19.2. The summed E-state index contributed by atoms with van der Waals surface area (Å²) in [6.45, 7) is 5.22. The third kappa shape index (κ3) is 2.08. The van der Waals surface area contributed by atoms with Crippen molar-refractivity contribution in [1.82, 2.24) is 9.97 Å². The lowest BCUT2D eigenvalue weighted by molar-refractivity contribution is 0.447. The quantitative estimate of drug-likeness (QED) is 0.726. The summed E-state index contributed by atoms with van der Waals surface area (Å²) < 4.78 is 39.3. The minimum Gasteiger partial charge on any atom is -0.238 e. The van der Waals surface area contributed by atoms with E-state index in [-0.39, 0.29) is 5.56 Å². The van der Waals surface area contributed by atoms with Gasteiger partial charge in [0.15, 0.2) is 17.5 Å². The zero-order valence-corrected chi connectivity index (χ0v) is 10.2. The van der Waals surface area contributed by atoms with E-state index in [0.29, 0.717) is 17.1 Å². The number of aromatic nitrogens is 2. The van der Waals surface area contributed by atoms with Gasteiger partial charge in [-0.05, 0) is 38.5 Å². The number of benzene rings is 1. The van der Waals surface area contributed by atoms with E-state index < -0.39 is 17.5 Å². The first kappa shape index (κ1) is 12.5. The highest BCUT2D eigenvalue weighted by Gasteiger charge is 2.15. The van der Waals surface area contributed by atoms with Gasteiger partial charge in [0.1, 0.15) is 5.82 Å². The van der Waals surface area contributed by atoms with Crippen LogP contribution in [0.25, 0.3) is 11.3 Å². The molecule has 18 heavy (non-hydrogen) atoms. The van der Waals surface area contributed by atoms with Gasteiger partial charge in [0.05, 0.1) is 5.69 Å². The first-order valence-electron chi connectivity index (χ1n) is 5.37. The molecule has 1 aromatic heterocycles. The molecule has 1 aromatic carbocycles.